The lowest BCUT2D eigenvalue weighted by molar-refractivity contribution is -0.124. The first-order chi connectivity index (χ1) is 9.63. The van der Waals surface area contributed by atoms with Crippen molar-refractivity contribution in [2.75, 3.05) is 5.88 Å². The van der Waals surface area contributed by atoms with E-state index < -0.39 is 0 Å². The van der Waals surface area contributed by atoms with Gasteiger partial charge in [-0.2, -0.15) is 0 Å². The van der Waals surface area contributed by atoms with Crippen molar-refractivity contribution in [3.8, 4) is 0 Å². The van der Waals surface area contributed by atoms with Crippen molar-refractivity contribution in [3.63, 3.8) is 0 Å². The van der Waals surface area contributed by atoms with Gasteiger partial charge in [0.25, 0.3) is 0 Å². The Bertz CT molecular complexity index is 393. The van der Waals surface area contributed by atoms with Crippen LogP contribution >= 0.6 is 11.6 Å². The third kappa shape index (κ3) is 4.82. The number of hydrogen-bond donors (Lipinski definition) is 1. The Morgan fingerprint density at radius 2 is 1.85 bits per heavy atom. The van der Waals surface area contributed by atoms with Crippen molar-refractivity contribution >= 4 is 17.5 Å². The maximum atomic E-state index is 12.6. The lowest BCUT2D eigenvalue weighted by atomic mass is 9.84. The SMILES string of the molecule is CCC(CCCl)NC(=O)C(c1ccccc1)C(C)CC. The highest BCUT2D eigenvalue weighted by atomic mass is 35.5. The Labute approximate surface area is 127 Å². The molecular weight excluding hydrogens is 270 g/mol. The fourth-order valence-corrected chi connectivity index (χ4v) is 2.70. The van der Waals surface area contributed by atoms with Crippen molar-refractivity contribution in [3.05, 3.63) is 35.9 Å². The first-order valence-corrected chi connectivity index (χ1v) is 8.08. The van der Waals surface area contributed by atoms with E-state index in [2.05, 4.69) is 26.1 Å². The molecule has 20 heavy (non-hydrogen) atoms. The van der Waals surface area contributed by atoms with Crippen LogP contribution in [0.15, 0.2) is 30.3 Å². The van der Waals surface area contributed by atoms with Crippen molar-refractivity contribution in [2.24, 2.45) is 5.92 Å². The molecule has 3 unspecified atom stereocenters. The molecular formula is C17H26ClNO. The molecule has 0 radical (unpaired) electrons. The van der Waals surface area contributed by atoms with Crippen LogP contribution in [0.5, 0.6) is 0 Å². The summed E-state index contributed by atoms with van der Waals surface area (Å²) in [6.07, 6.45) is 2.73. The van der Waals surface area contributed by atoms with E-state index in [1.807, 2.05) is 30.3 Å². The molecule has 1 N–H and O–H groups in total. The Hall–Kier alpha value is -1.02. The molecule has 0 saturated heterocycles. The highest BCUT2D eigenvalue weighted by Crippen LogP contribution is 2.27. The third-order valence-electron chi connectivity index (χ3n) is 3.95. The molecule has 0 aromatic heterocycles. The van der Waals surface area contributed by atoms with Crippen LogP contribution < -0.4 is 5.32 Å². The minimum atomic E-state index is -0.0782. The number of rotatable bonds is 8. The van der Waals surface area contributed by atoms with Gasteiger partial charge in [-0.1, -0.05) is 57.5 Å². The molecule has 2 nitrogen and oxygen atoms in total. The molecule has 3 atom stereocenters. The Morgan fingerprint density at radius 3 is 2.35 bits per heavy atom. The maximum absolute atomic E-state index is 12.6. The number of carbonyl (C=O) groups is 1. The van der Waals surface area contributed by atoms with Crippen molar-refractivity contribution in [2.45, 2.75) is 52.0 Å². The number of amides is 1. The molecule has 0 bridgehead atoms. The predicted octanol–water partition coefficient (Wildman–Crippen LogP) is 4.34. The van der Waals surface area contributed by atoms with Crippen molar-refractivity contribution < 1.29 is 4.79 Å². The zero-order valence-electron chi connectivity index (χ0n) is 12.7. The molecule has 1 aromatic rings. The second-order valence-corrected chi connectivity index (χ2v) is 5.74. The number of nitrogens with one attached hydrogen (secondary N) is 1. The number of carbonyl (C=O) groups excluding carboxylic acids is 1. The highest BCUT2D eigenvalue weighted by molar-refractivity contribution is 6.17. The second kappa shape index (κ2) is 9.02. The van der Waals surface area contributed by atoms with Gasteiger partial charge in [-0.25, -0.2) is 0 Å². The average Bonchev–Trinajstić information content (AvgIpc) is 2.47. The van der Waals surface area contributed by atoms with Gasteiger partial charge in [-0.15, -0.1) is 11.6 Å². The fourth-order valence-electron chi connectivity index (χ4n) is 2.44. The van der Waals surface area contributed by atoms with Crippen LogP contribution in [0.3, 0.4) is 0 Å². The van der Waals surface area contributed by atoms with Crippen LogP contribution in [0.1, 0.15) is 51.5 Å². The van der Waals surface area contributed by atoms with Crippen LogP contribution in [0.25, 0.3) is 0 Å². The molecule has 0 heterocycles. The number of benzene rings is 1. The third-order valence-corrected chi connectivity index (χ3v) is 4.17. The van der Waals surface area contributed by atoms with Crippen molar-refractivity contribution in [1.29, 1.82) is 0 Å². The summed E-state index contributed by atoms with van der Waals surface area (Å²) in [7, 11) is 0. The first kappa shape index (κ1) is 17.0. The summed E-state index contributed by atoms with van der Waals surface area (Å²) in [6, 6.07) is 10.2. The van der Waals surface area contributed by atoms with Gasteiger partial charge in [0, 0.05) is 11.9 Å². The van der Waals surface area contributed by atoms with E-state index in [0.717, 1.165) is 24.8 Å². The minimum Gasteiger partial charge on any atom is -0.353 e. The summed E-state index contributed by atoms with van der Waals surface area (Å²) in [5.74, 6) is 0.956. The van der Waals surface area contributed by atoms with E-state index >= 15 is 0 Å². The van der Waals surface area contributed by atoms with Gasteiger partial charge in [0.2, 0.25) is 5.91 Å². The van der Waals surface area contributed by atoms with E-state index in [-0.39, 0.29) is 17.9 Å². The van der Waals surface area contributed by atoms with Crippen LogP contribution in [0.4, 0.5) is 0 Å². The standard InChI is InChI=1S/C17H26ClNO/c1-4-13(3)16(14-9-7-6-8-10-14)17(20)19-15(5-2)11-12-18/h6-10,13,15-16H,4-5,11-12H2,1-3H3,(H,19,20). The topological polar surface area (TPSA) is 29.1 Å². The molecule has 0 aliphatic heterocycles. The van der Waals surface area contributed by atoms with E-state index in [4.69, 9.17) is 11.6 Å². The Balaban J connectivity index is 2.86. The zero-order chi connectivity index (χ0) is 15.0. The quantitative estimate of drug-likeness (QED) is 0.710. The van der Waals surface area contributed by atoms with Gasteiger partial charge < -0.3 is 5.32 Å². The summed E-state index contributed by atoms with van der Waals surface area (Å²) >= 11 is 5.79. The molecule has 3 heteroatoms. The first-order valence-electron chi connectivity index (χ1n) is 7.55. The lowest BCUT2D eigenvalue weighted by Gasteiger charge is -2.25. The monoisotopic (exact) mass is 295 g/mol. The second-order valence-electron chi connectivity index (χ2n) is 5.37. The molecule has 112 valence electrons. The number of halogens is 1. The van der Waals surface area contributed by atoms with E-state index in [0.29, 0.717) is 11.8 Å². The molecule has 0 spiro atoms. The predicted molar refractivity (Wildman–Crippen MR) is 86.2 cm³/mol. The molecule has 1 amide bonds. The van der Waals surface area contributed by atoms with Gasteiger partial charge in [0.1, 0.15) is 0 Å². The largest absolute Gasteiger partial charge is 0.353 e. The minimum absolute atomic E-state index is 0.0782. The summed E-state index contributed by atoms with van der Waals surface area (Å²) in [5.41, 5.74) is 1.10. The van der Waals surface area contributed by atoms with Gasteiger partial charge in [0.15, 0.2) is 0 Å². The van der Waals surface area contributed by atoms with Crippen LogP contribution in [0, 0.1) is 5.92 Å². The van der Waals surface area contributed by atoms with E-state index in [9.17, 15) is 4.79 Å². The Morgan fingerprint density at radius 1 is 1.20 bits per heavy atom. The maximum Gasteiger partial charge on any atom is 0.228 e. The van der Waals surface area contributed by atoms with Gasteiger partial charge in [-0.3, -0.25) is 4.79 Å². The normalized spacial score (nSPS) is 15.4. The van der Waals surface area contributed by atoms with E-state index in [1.165, 1.54) is 0 Å². The molecule has 0 fully saturated rings. The van der Waals surface area contributed by atoms with Crippen molar-refractivity contribution in [1.82, 2.24) is 5.32 Å². The molecule has 0 saturated carbocycles. The molecule has 0 aliphatic rings. The van der Waals surface area contributed by atoms with Gasteiger partial charge in [0.05, 0.1) is 5.92 Å². The zero-order valence-corrected chi connectivity index (χ0v) is 13.5. The summed E-state index contributed by atoms with van der Waals surface area (Å²) in [4.78, 5) is 12.6. The number of hydrogen-bond acceptors (Lipinski definition) is 1. The number of alkyl halides is 1. The average molecular weight is 296 g/mol. The summed E-state index contributed by atoms with van der Waals surface area (Å²) < 4.78 is 0. The summed E-state index contributed by atoms with van der Waals surface area (Å²) in [6.45, 7) is 6.35. The lowest BCUT2D eigenvalue weighted by Crippen LogP contribution is -2.39. The smallest absolute Gasteiger partial charge is 0.228 e. The van der Waals surface area contributed by atoms with Gasteiger partial charge in [-0.05, 0) is 24.3 Å². The Kier molecular flexibility index (Phi) is 7.68. The fraction of sp³-hybridized carbons (Fsp3) is 0.588. The van der Waals surface area contributed by atoms with Crippen LogP contribution in [-0.4, -0.2) is 17.8 Å². The van der Waals surface area contributed by atoms with Gasteiger partial charge >= 0.3 is 0 Å². The highest BCUT2D eigenvalue weighted by Gasteiger charge is 2.26. The molecule has 0 aliphatic carbocycles. The van der Waals surface area contributed by atoms with E-state index in [1.54, 1.807) is 0 Å². The van der Waals surface area contributed by atoms with Crippen LogP contribution in [0.2, 0.25) is 0 Å². The molecule has 1 aromatic carbocycles. The summed E-state index contributed by atoms with van der Waals surface area (Å²) in [5, 5.41) is 3.16. The molecule has 1 rings (SSSR count). The van der Waals surface area contributed by atoms with Crippen LogP contribution in [-0.2, 0) is 4.79 Å².